The lowest BCUT2D eigenvalue weighted by atomic mass is 10.1. The zero-order chi connectivity index (χ0) is 14.5. The zero-order valence-electron chi connectivity index (χ0n) is 11.1. The van der Waals surface area contributed by atoms with E-state index in [9.17, 15) is 9.18 Å². The molecule has 2 nitrogen and oxygen atoms in total. The summed E-state index contributed by atoms with van der Waals surface area (Å²) in [5, 5.41) is 2.78. The van der Waals surface area contributed by atoms with Crippen molar-refractivity contribution in [2.24, 2.45) is 0 Å². The fourth-order valence-corrected chi connectivity index (χ4v) is 2.11. The van der Waals surface area contributed by atoms with Crippen LogP contribution < -0.4 is 5.32 Å². The second-order valence-electron chi connectivity index (χ2n) is 4.55. The highest BCUT2D eigenvalue weighted by molar-refractivity contribution is 6.17. The molecular formula is C16H15ClFNO. The first kappa shape index (κ1) is 14.5. The van der Waals surface area contributed by atoms with Crippen LogP contribution in [0.15, 0.2) is 48.5 Å². The van der Waals surface area contributed by atoms with E-state index < -0.39 is 6.04 Å². The third-order valence-corrected chi connectivity index (χ3v) is 3.40. The van der Waals surface area contributed by atoms with Gasteiger partial charge in [0.1, 0.15) is 5.82 Å². The Balaban J connectivity index is 2.09. The van der Waals surface area contributed by atoms with Crippen LogP contribution in [0.1, 0.15) is 34.5 Å². The maximum absolute atomic E-state index is 13.6. The van der Waals surface area contributed by atoms with Crippen molar-refractivity contribution >= 4 is 17.5 Å². The van der Waals surface area contributed by atoms with E-state index in [2.05, 4.69) is 5.32 Å². The Morgan fingerprint density at radius 2 is 1.85 bits per heavy atom. The molecule has 1 atom stereocenters. The van der Waals surface area contributed by atoms with Crippen LogP contribution in [0.25, 0.3) is 0 Å². The summed E-state index contributed by atoms with van der Waals surface area (Å²) >= 11 is 5.70. The second kappa shape index (κ2) is 6.53. The molecule has 0 aromatic heterocycles. The molecule has 0 heterocycles. The summed E-state index contributed by atoms with van der Waals surface area (Å²) in [6.07, 6.45) is 0. The van der Waals surface area contributed by atoms with Crippen LogP contribution >= 0.6 is 11.6 Å². The van der Waals surface area contributed by atoms with Crippen LogP contribution in [0, 0.1) is 5.82 Å². The van der Waals surface area contributed by atoms with Gasteiger partial charge in [0.15, 0.2) is 0 Å². The standard InChI is InChI=1S/C16H15ClFNO/c1-11(14-4-2-3-5-15(14)18)19-16(20)13-8-6-12(10-17)7-9-13/h2-9,11H,10H2,1H3,(H,19,20)/t11-/m1/s1. The van der Waals surface area contributed by atoms with E-state index in [1.54, 1.807) is 49.4 Å². The lowest BCUT2D eigenvalue weighted by Gasteiger charge is -2.15. The van der Waals surface area contributed by atoms with Crippen molar-refractivity contribution in [2.75, 3.05) is 0 Å². The molecule has 0 radical (unpaired) electrons. The van der Waals surface area contributed by atoms with Gasteiger partial charge in [0, 0.05) is 17.0 Å². The molecule has 1 N–H and O–H groups in total. The largest absolute Gasteiger partial charge is 0.345 e. The summed E-state index contributed by atoms with van der Waals surface area (Å²) in [6.45, 7) is 1.75. The molecule has 0 spiro atoms. The predicted octanol–water partition coefficient (Wildman–Crippen LogP) is 4.06. The maximum atomic E-state index is 13.6. The van der Waals surface area contributed by atoms with Crippen molar-refractivity contribution in [3.8, 4) is 0 Å². The topological polar surface area (TPSA) is 29.1 Å². The van der Waals surface area contributed by atoms with Gasteiger partial charge in [-0.1, -0.05) is 30.3 Å². The highest BCUT2D eigenvalue weighted by Crippen LogP contribution is 2.17. The molecule has 2 aromatic carbocycles. The highest BCUT2D eigenvalue weighted by atomic mass is 35.5. The number of benzene rings is 2. The SMILES string of the molecule is C[C@@H](NC(=O)c1ccc(CCl)cc1)c1ccccc1F. The van der Waals surface area contributed by atoms with Gasteiger partial charge in [-0.3, -0.25) is 4.79 Å². The number of hydrogen-bond donors (Lipinski definition) is 1. The van der Waals surface area contributed by atoms with Crippen LogP contribution in [0.3, 0.4) is 0 Å². The van der Waals surface area contributed by atoms with Crippen molar-refractivity contribution < 1.29 is 9.18 Å². The molecule has 0 saturated carbocycles. The molecule has 0 aliphatic heterocycles. The average molecular weight is 292 g/mol. The Bertz CT molecular complexity index is 598. The molecule has 4 heteroatoms. The minimum absolute atomic E-state index is 0.234. The molecule has 0 bridgehead atoms. The van der Waals surface area contributed by atoms with E-state index in [-0.39, 0.29) is 11.7 Å². The van der Waals surface area contributed by atoms with Crippen LogP contribution in [0.2, 0.25) is 0 Å². The van der Waals surface area contributed by atoms with E-state index in [1.165, 1.54) is 6.07 Å². The molecule has 1 amide bonds. The summed E-state index contributed by atoms with van der Waals surface area (Å²) < 4.78 is 13.6. The van der Waals surface area contributed by atoms with Gasteiger partial charge in [-0.15, -0.1) is 11.6 Å². The summed E-state index contributed by atoms with van der Waals surface area (Å²) in [5.74, 6) is -0.146. The van der Waals surface area contributed by atoms with E-state index in [1.807, 2.05) is 0 Å². The average Bonchev–Trinajstić information content (AvgIpc) is 2.47. The van der Waals surface area contributed by atoms with Gasteiger partial charge in [0.05, 0.1) is 6.04 Å². The van der Waals surface area contributed by atoms with Gasteiger partial charge < -0.3 is 5.32 Å². The Morgan fingerprint density at radius 1 is 1.20 bits per heavy atom. The number of amides is 1. The van der Waals surface area contributed by atoms with Gasteiger partial charge >= 0.3 is 0 Å². The molecule has 0 unspecified atom stereocenters. The zero-order valence-corrected chi connectivity index (χ0v) is 11.8. The molecular weight excluding hydrogens is 277 g/mol. The minimum Gasteiger partial charge on any atom is -0.345 e. The van der Waals surface area contributed by atoms with Crippen molar-refractivity contribution in [3.05, 3.63) is 71.0 Å². The van der Waals surface area contributed by atoms with Crippen molar-refractivity contribution in [1.82, 2.24) is 5.32 Å². The van der Waals surface area contributed by atoms with E-state index in [0.717, 1.165) is 5.56 Å². The number of carbonyl (C=O) groups excluding carboxylic acids is 1. The number of alkyl halides is 1. The van der Waals surface area contributed by atoms with E-state index in [0.29, 0.717) is 17.0 Å². The molecule has 104 valence electrons. The number of halogens is 2. The lowest BCUT2D eigenvalue weighted by Crippen LogP contribution is -2.27. The fraction of sp³-hybridized carbons (Fsp3) is 0.188. The third-order valence-electron chi connectivity index (χ3n) is 3.09. The van der Waals surface area contributed by atoms with Gasteiger partial charge in [-0.2, -0.15) is 0 Å². The van der Waals surface area contributed by atoms with Gasteiger partial charge in [-0.05, 0) is 30.7 Å². The summed E-state index contributed by atoms with van der Waals surface area (Å²) in [6, 6.07) is 13.0. The Labute approximate surface area is 122 Å². The van der Waals surface area contributed by atoms with Gasteiger partial charge in [0.25, 0.3) is 5.91 Å². The molecule has 0 saturated heterocycles. The number of nitrogens with one attached hydrogen (secondary N) is 1. The molecule has 0 fully saturated rings. The summed E-state index contributed by atoms with van der Waals surface area (Å²) in [5.41, 5.74) is 1.95. The highest BCUT2D eigenvalue weighted by Gasteiger charge is 2.14. The monoisotopic (exact) mass is 291 g/mol. The van der Waals surface area contributed by atoms with Crippen LogP contribution in [0.5, 0.6) is 0 Å². The van der Waals surface area contributed by atoms with Crippen LogP contribution in [-0.2, 0) is 5.88 Å². The normalized spacial score (nSPS) is 11.9. The smallest absolute Gasteiger partial charge is 0.251 e. The maximum Gasteiger partial charge on any atom is 0.251 e. The fourth-order valence-electron chi connectivity index (χ4n) is 1.93. The molecule has 0 aliphatic carbocycles. The summed E-state index contributed by atoms with van der Waals surface area (Å²) in [4.78, 5) is 12.1. The minimum atomic E-state index is -0.392. The first-order valence-corrected chi connectivity index (χ1v) is 6.85. The lowest BCUT2D eigenvalue weighted by molar-refractivity contribution is 0.0939. The van der Waals surface area contributed by atoms with Crippen molar-refractivity contribution in [2.45, 2.75) is 18.8 Å². The second-order valence-corrected chi connectivity index (χ2v) is 4.81. The molecule has 2 rings (SSSR count). The first-order valence-electron chi connectivity index (χ1n) is 6.32. The first-order chi connectivity index (χ1) is 9.61. The molecule has 0 aliphatic rings. The van der Waals surface area contributed by atoms with Gasteiger partial charge in [-0.25, -0.2) is 4.39 Å². The summed E-state index contributed by atoms with van der Waals surface area (Å²) in [7, 11) is 0. The number of rotatable bonds is 4. The van der Waals surface area contributed by atoms with Gasteiger partial charge in [0.2, 0.25) is 0 Å². The quantitative estimate of drug-likeness (QED) is 0.846. The Morgan fingerprint density at radius 3 is 2.45 bits per heavy atom. The third kappa shape index (κ3) is 3.36. The number of carbonyl (C=O) groups is 1. The van der Waals surface area contributed by atoms with E-state index >= 15 is 0 Å². The number of hydrogen-bond acceptors (Lipinski definition) is 1. The van der Waals surface area contributed by atoms with Crippen molar-refractivity contribution in [1.29, 1.82) is 0 Å². The predicted molar refractivity (Wildman–Crippen MR) is 78.3 cm³/mol. The van der Waals surface area contributed by atoms with Crippen LogP contribution in [-0.4, -0.2) is 5.91 Å². The van der Waals surface area contributed by atoms with Crippen molar-refractivity contribution in [3.63, 3.8) is 0 Å². The Kier molecular flexibility index (Phi) is 4.74. The van der Waals surface area contributed by atoms with E-state index in [4.69, 9.17) is 11.6 Å². The molecule has 20 heavy (non-hydrogen) atoms. The van der Waals surface area contributed by atoms with Crippen LogP contribution in [0.4, 0.5) is 4.39 Å². The Hall–Kier alpha value is -1.87. The molecule has 2 aromatic rings.